The first-order chi connectivity index (χ1) is 5.11. The van der Waals surface area contributed by atoms with Crippen LogP contribution < -0.4 is 0 Å². The molecule has 11 heavy (non-hydrogen) atoms. The van der Waals surface area contributed by atoms with Gasteiger partial charge in [-0.15, -0.1) is 0 Å². The van der Waals surface area contributed by atoms with Gasteiger partial charge in [-0.3, -0.25) is 0 Å². The van der Waals surface area contributed by atoms with Gasteiger partial charge in [0.15, 0.2) is 0 Å². The first-order valence-corrected chi connectivity index (χ1v) is 3.77. The lowest BCUT2D eigenvalue weighted by molar-refractivity contribution is 0.123. The number of nitrogens with zero attached hydrogens (tertiary/aromatic N) is 2. The Morgan fingerprint density at radius 3 is 2.55 bits per heavy atom. The maximum absolute atomic E-state index is 9.54. The van der Waals surface area contributed by atoms with Gasteiger partial charge in [-0.1, -0.05) is 13.8 Å². The minimum Gasteiger partial charge on any atom is -0.386 e. The number of rotatable bonds is 2. The first kappa shape index (κ1) is 8.27. The summed E-state index contributed by atoms with van der Waals surface area (Å²) in [4.78, 5) is 4.05. The molecule has 0 bridgehead atoms. The van der Waals surface area contributed by atoms with Crippen molar-refractivity contribution in [3.8, 4) is 0 Å². The van der Waals surface area contributed by atoms with Crippen LogP contribution in [0.5, 0.6) is 0 Å². The highest BCUT2D eigenvalue weighted by Crippen LogP contribution is 2.18. The number of aryl methyl sites for hydroxylation is 1. The molecular formula is C8H14N2O. The molecule has 0 aliphatic heterocycles. The Morgan fingerprint density at radius 1 is 1.55 bits per heavy atom. The van der Waals surface area contributed by atoms with Gasteiger partial charge in [0.25, 0.3) is 0 Å². The molecule has 1 aromatic rings. The van der Waals surface area contributed by atoms with E-state index in [1.165, 1.54) is 0 Å². The van der Waals surface area contributed by atoms with E-state index in [0.717, 1.165) is 5.69 Å². The van der Waals surface area contributed by atoms with E-state index >= 15 is 0 Å². The summed E-state index contributed by atoms with van der Waals surface area (Å²) < 4.78 is 1.83. The minimum atomic E-state index is -0.434. The van der Waals surface area contributed by atoms with Gasteiger partial charge in [0, 0.05) is 13.2 Å². The van der Waals surface area contributed by atoms with Crippen LogP contribution in [0.4, 0.5) is 0 Å². The van der Waals surface area contributed by atoms with Crippen LogP contribution in [-0.4, -0.2) is 14.7 Å². The molecule has 1 atom stereocenters. The molecular weight excluding hydrogens is 140 g/mol. The second kappa shape index (κ2) is 3.05. The monoisotopic (exact) mass is 154 g/mol. The predicted octanol–water partition coefficient (Wildman–Crippen LogP) is 1.11. The van der Waals surface area contributed by atoms with E-state index in [2.05, 4.69) is 4.98 Å². The summed E-state index contributed by atoms with van der Waals surface area (Å²) >= 11 is 0. The lowest BCUT2D eigenvalue weighted by Crippen LogP contribution is -2.05. The van der Waals surface area contributed by atoms with Crippen molar-refractivity contribution in [2.45, 2.75) is 20.0 Å². The molecule has 62 valence electrons. The Kier molecular flexibility index (Phi) is 2.29. The highest BCUT2D eigenvalue weighted by atomic mass is 16.3. The Balaban J connectivity index is 2.76. The molecule has 0 spiro atoms. The van der Waals surface area contributed by atoms with Crippen molar-refractivity contribution < 1.29 is 5.11 Å². The lowest BCUT2D eigenvalue weighted by Gasteiger charge is -2.10. The normalized spacial score (nSPS) is 13.9. The Labute approximate surface area is 66.7 Å². The molecule has 0 aliphatic carbocycles. The highest BCUT2D eigenvalue weighted by molar-refractivity contribution is 5.01. The van der Waals surface area contributed by atoms with Crippen molar-refractivity contribution in [2.75, 3.05) is 0 Å². The molecule has 0 radical (unpaired) electrons. The van der Waals surface area contributed by atoms with Gasteiger partial charge in [0.1, 0.15) is 0 Å². The molecule has 3 nitrogen and oxygen atoms in total. The molecule has 0 aromatic carbocycles. The van der Waals surface area contributed by atoms with Crippen LogP contribution in [-0.2, 0) is 7.05 Å². The van der Waals surface area contributed by atoms with Crippen molar-refractivity contribution >= 4 is 0 Å². The van der Waals surface area contributed by atoms with Crippen molar-refractivity contribution in [1.82, 2.24) is 9.55 Å². The third-order valence-electron chi connectivity index (χ3n) is 1.66. The summed E-state index contributed by atoms with van der Waals surface area (Å²) in [5, 5.41) is 9.54. The molecule has 1 heterocycles. The van der Waals surface area contributed by atoms with Gasteiger partial charge in [0.2, 0.25) is 0 Å². The number of aliphatic hydroxyl groups excluding tert-OH is 1. The molecule has 0 saturated carbocycles. The van der Waals surface area contributed by atoms with Gasteiger partial charge in [-0.2, -0.15) is 0 Å². The fraction of sp³-hybridized carbons (Fsp3) is 0.625. The van der Waals surface area contributed by atoms with Crippen LogP contribution in [0.3, 0.4) is 0 Å². The topological polar surface area (TPSA) is 38.0 Å². The summed E-state index contributed by atoms with van der Waals surface area (Å²) in [6.45, 7) is 3.94. The molecule has 0 fully saturated rings. The van der Waals surface area contributed by atoms with Crippen LogP contribution in [0, 0.1) is 5.92 Å². The quantitative estimate of drug-likeness (QED) is 0.693. The van der Waals surface area contributed by atoms with E-state index in [4.69, 9.17) is 0 Å². The summed E-state index contributed by atoms with van der Waals surface area (Å²) in [7, 11) is 1.89. The fourth-order valence-corrected chi connectivity index (χ4v) is 0.927. The number of aliphatic hydroxyl groups is 1. The fourth-order valence-electron chi connectivity index (χ4n) is 0.927. The van der Waals surface area contributed by atoms with Crippen molar-refractivity contribution in [1.29, 1.82) is 0 Å². The third kappa shape index (κ3) is 1.80. The van der Waals surface area contributed by atoms with Crippen molar-refractivity contribution in [3.63, 3.8) is 0 Å². The SMILES string of the molecule is CC(C)C(O)c1cn(C)cn1. The van der Waals surface area contributed by atoms with Crippen molar-refractivity contribution in [2.24, 2.45) is 13.0 Å². The van der Waals surface area contributed by atoms with Gasteiger partial charge in [-0.05, 0) is 5.92 Å². The average Bonchev–Trinajstić information content (AvgIpc) is 2.34. The number of aromatic nitrogens is 2. The Hall–Kier alpha value is -0.830. The third-order valence-corrected chi connectivity index (χ3v) is 1.66. The summed E-state index contributed by atoms with van der Waals surface area (Å²) in [6, 6.07) is 0. The van der Waals surface area contributed by atoms with Crippen LogP contribution in [0.2, 0.25) is 0 Å². The Bertz CT molecular complexity index is 230. The van der Waals surface area contributed by atoms with Crippen LogP contribution in [0.25, 0.3) is 0 Å². The summed E-state index contributed by atoms with van der Waals surface area (Å²) in [6.07, 6.45) is 3.10. The van der Waals surface area contributed by atoms with E-state index in [0.29, 0.717) is 0 Å². The standard InChI is InChI=1S/C8H14N2O/c1-6(2)8(11)7-4-10(3)5-9-7/h4-6,8,11H,1-3H3. The molecule has 0 amide bonds. The van der Waals surface area contributed by atoms with Gasteiger partial charge in [0.05, 0.1) is 18.1 Å². The predicted molar refractivity (Wildman–Crippen MR) is 43.0 cm³/mol. The first-order valence-electron chi connectivity index (χ1n) is 3.77. The zero-order chi connectivity index (χ0) is 8.43. The maximum Gasteiger partial charge on any atom is 0.0998 e. The molecule has 1 N–H and O–H groups in total. The zero-order valence-electron chi connectivity index (χ0n) is 7.15. The maximum atomic E-state index is 9.54. The molecule has 0 saturated heterocycles. The van der Waals surface area contributed by atoms with Crippen LogP contribution in [0.1, 0.15) is 25.6 Å². The number of hydrogen-bond donors (Lipinski definition) is 1. The molecule has 1 aromatic heterocycles. The lowest BCUT2D eigenvalue weighted by atomic mass is 10.1. The van der Waals surface area contributed by atoms with E-state index < -0.39 is 6.10 Å². The second-order valence-corrected chi connectivity index (χ2v) is 3.15. The smallest absolute Gasteiger partial charge is 0.0998 e. The van der Waals surface area contributed by atoms with Crippen molar-refractivity contribution in [3.05, 3.63) is 18.2 Å². The van der Waals surface area contributed by atoms with E-state index in [9.17, 15) is 5.11 Å². The van der Waals surface area contributed by atoms with E-state index in [-0.39, 0.29) is 5.92 Å². The molecule has 3 heteroatoms. The van der Waals surface area contributed by atoms with Gasteiger partial charge < -0.3 is 9.67 Å². The second-order valence-electron chi connectivity index (χ2n) is 3.15. The summed E-state index contributed by atoms with van der Waals surface area (Å²) in [5.41, 5.74) is 0.752. The zero-order valence-corrected chi connectivity index (χ0v) is 7.15. The number of imidazole rings is 1. The number of hydrogen-bond acceptors (Lipinski definition) is 2. The van der Waals surface area contributed by atoms with Gasteiger partial charge in [-0.25, -0.2) is 4.98 Å². The molecule has 1 rings (SSSR count). The molecule has 1 unspecified atom stereocenters. The van der Waals surface area contributed by atoms with Crippen LogP contribution in [0.15, 0.2) is 12.5 Å². The van der Waals surface area contributed by atoms with Gasteiger partial charge >= 0.3 is 0 Å². The summed E-state index contributed by atoms with van der Waals surface area (Å²) in [5.74, 6) is 0.227. The van der Waals surface area contributed by atoms with E-state index in [1.807, 2.05) is 31.7 Å². The van der Waals surface area contributed by atoms with Crippen LogP contribution >= 0.6 is 0 Å². The Morgan fingerprint density at radius 2 is 2.18 bits per heavy atom. The average molecular weight is 154 g/mol. The van der Waals surface area contributed by atoms with E-state index in [1.54, 1.807) is 6.33 Å². The highest BCUT2D eigenvalue weighted by Gasteiger charge is 2.13. The largest absolute Gasteiger partial charge is 0.386 e. The minimum absolute atomic E-state index is 0.227. The molecule has 0 aliphatic rings.